The molecule has 0 atom stereocenters. The second kappa shape index (κ2) is 7.96. The van der Waals surface area contributed by atoms with E-state index in [2.05, 4.69) is 5.32 Å². The van der Waals surface area contributed by atoms with Gasteiger partial charge in [-0.1, -0.05) is 18.2 Å². The van der Waals surface area contributed by atoms with E-state index in [4.69, 9.17) is 4.74 Å². The third-order valence-corrected chi connectivity index (χ3v) is 3.36. The summed E-state index contributed by atoms with van der Waals surface area (Å²) in [4.78, 5) is 12.3. The maximum atomic E-state index is 12.3. The van der Waals surface area contributed by atoms with Crippen LogP contribution in [0.3, 0.4) is 0 Å². The second-order valence-corrected chi connectivity index (χ2v) is 5.42. The van der Waals surface area contributed by atoms with E-state index in [0.717, 1.165) is 36.9 Å². The van der Waals surface area contributed by atoms with E-state index in [1.165, 1.54) is 0 Å². The number of hydrogen-bond acceptors (Lipinski definition) is 3. The van der Waals surface area contributed by atoms with Crippen LogP contribution in [0.2, 0.25) is 0 Å². The predicted molar refractivity (Wildman–Crippen MR) is 86.8 cm³/mol. The van der Waals surface area contributed by atoms with E-state index in [-0.39, 0.29) is 5.56 Å². The molecule has 0 amide bonds. The molecule has 0 aliphatic carbocycles. The maximum absolute atomic E-state index is 12.3. The average Bonchev–Trinajstić information content (AvgIpc) is 2.48. The van der Waals surface area contributed by atoms with Gasteiger partial charge in [-0.25, -0.2) is 0 Å². The first kappa shape index (κ1) is 15.7. The van der Waals surface area contributed by atoms with Gasteiger partial charge in [0.25, 0.3) is 5.56 Å². The Kier molecular flexibility index (Phi) is 5.96. The zero-order valence-electron chi connectivity index (χ0n) is 12.8. The molecule has 2 aromatic rings. The first-order valence-electron chi connectivity index (χ1n) is 7.59. The van der Waals surface area contributed by atoms with Crippen molar-refractivity contribution in [3.8, 4) is 0 Å². The molecule has 1 N–H and O–H groups in total. The van der Waals surface area contributed by atoms with Crippen molar-refractivity contribution in [2.45, 2.75) is 32.9 Å². The smallest absolute Gasteiger partial charge is 0.258 e. The van der Waals surface area contributed by atoms with Gasteiger partial charge >= 0.3 is 0 Å². The molecule has 1 heterocycles. The van der Waals surface area contributed by atoms with Gasteiger partial charge < -0.3 is 14.6 Å². The van der Waals surface area contributed by atoms with Crippen LogP contribution in [0, 0.1) is 0 Å². The van der Waals surface area contributed by atoms with Crippen LogP contribution in [-0.4, -0.2) is 30.4 Å². The number of pyridine rings is 1. The van der Waals surface area contributed by atoms with Crippen molar-refractivity contribution in [1.29, 1.82) is 0 Å². The average molecular weight is 288 g/mol. The van der Waals surface area contributed by atoms with E-state index >= 15 is 0 Å². The van der Waals surface area contributed by atoms with Gasteiger partial charge in [0.1, 0.15) is 0 Å². The molecule has 4 nitrogen and oxygen atoms in total. The first-order chi connectivity index (χ1) is 10.2. The molecule has 21 heavy (non-hydrogen) atoms. The van der Waals surface area contributed by atoms with E-state index < -0.39 is 0 Å². The highest BCUT2D eigenvalue weighted by molar-refractivity contribution is 5.81. The molecule has 0 aliphatic rings. The molecule has 4 heteroatoms. The summed E-state index contributed by atoms with van der Waals surface area (Å²) in [5, 5.41) is 5.12. The summed E-state index contributed by atoms with van der Waals surface area (Å²) >= 11 is 0. The topological polar surface area (TPSA) is 43.3 Å². The summed E-state index contributed by atoms with van der Waals surface area (Å²) in [6, 6.07) is 9.69. The molecule has 0 fully saturated rings. The third kappa shape index (κ3) is 4.69. The lowest BCUT2D eigenvalue weighted by molar-refractivity contribution is 0.0771. The lowest BCUT2D eigenvalue weighted by atomic mass is 10.2. The normalized spacial score (nSPS) is 11.4. The van der Waals surface area contributed by atoms with E-state index in [1.54, 1.807) is 4.57 Å². The quantitative estimate of drug-likeness (QED) is 0.759. The summed E-state index contributed by atoms with van der Waals surface area (Å²) in [5.41, 5.74) is 0.0815. The van der Waals surface area contributed by atoms with Crippen LogP contribution in [0.1, 0.15) is 20.3 Å². The Morgan fingerprint density at radius 2 is 2.00 bits per heavy atom. The molecule has 0 radical (unpaired) electrons. The van der Waals surface area contributed by atoms with Crippen LogP contribution in [-0.2, 0) is 11.3 Å². The summed E-state index contributed by atoms with van der Waals surface area (Å²) in [6.07, 6.45) is 3.15. The minimum atomic E-state index is 0.0815. The largest absolute Gasteiger partial charge is 0.379 e. The standard InChI is InChI=1S/C17H24N2O2/c1-14(2)21-13-5-9-18-10-12-19-11-8-15-6-3-4-7-16(15)17(19)20/h3-4,6-8,11,14,18H,5,9-10,12-13H2,1-2H3. The fraction of sp³-hybridized carbons (Fsp3) is 0.471. The van der Waals surface area contributed by atoms with Gasteiger partial charge in [-0.15, -0.1) is 0 Å². The Hall–Kier alpha value is -1.65. The summed E-state index contributed by atoms with van der Waals surface area (Å²) in [6.45, 7) is 7.25. The zero-order chi connectivity index (χ0) is 15.1. The molecule has 114 valence electrons. The van der Waals surface area contributed by atoms with Crippen LogP contribution < -0.4 is 10.9 Å². The first-order valence-corrected chi connectivity index (χ1v) is 7.59. The van der Waals surface area contributed by atoms with Gasteiger partial charge in [-0.3, -0.25) is 4.79 Å². The van der Waals surface area contributed by atoms with E-state index in [1.807, 2.05) is 50.4 Å². The number of benzene rings is 1. The number of hydrogen-bond donors (Lipinski definition) is 1. The van der Waals surface area contributed by atoms with Crippen molar-refractivity contribution in [3.05, 3.63) is 46.9 Å². The zero-order valence-corrected chi connectivity index (χ0v) is 12.8. The monoisotopic (exact) mass is 288 g/mol. The van der Waals surface area contributed by atoms with Crippen molar-refractivity contribution < 1.29 is 4.74 Å². The van der Waals surface area contributed by atoms with Gasteiger partial charge in [0.15, 0.2) is 0 Å². The Balaban J connectivity index is 1.79. The highest BCUT2D eigenvalue weighted by Gasteiger charge is 2.01. The van der Waals surface area contributed by atoms with Crippen LogP contribution in [0.15, 0.2) is 41.3 Å². The fourth-order valence-corrected chi connectivity index (χ4v) is 2.25. The van der Waals surface area contributed by atoms with Crippen molar-refractivity contribution in [3.63, 3.8) is 0 Å². The number of rotatable bonds is 8. The number of aromatic nitrogens is 1. The summed E-state index contributed by atoms with van der Waals surface area (Å²) < 4.78 is 7.24. The number of nitrogens with zero attached hydrogens (tertiary/aromatic N) is 1. The minimum Gasteiger partial charge on any atom is -0.379 e. The number of ether oxygens (including phenoxy) is 1. The van der Waals surface area contributed by atoms with Gasteiger partial charge in [-0.2, -0.15) is 0 Å². The van der Waals surface area contributed by atoms with E-state index in [0.29, 0.717) is 12.6 Å². The highest BCUT2D eigenvalue weighted by Crippen LogP contribution is 2.07. The minimum absolute atomic E-state index is 0.0815. The number of fused-ring (bicyclic) bond motifs is 1. The van der Waals surface area contributed by atoms with Crippen LogP contribution >= 0.6 is 0 Å². The molecule has 2 rings (SSSR count). The molecule has 0 saturated heterocycles. The molecule has 0 bridgehead atoms. The summed E-state index contributed by atoms with van der Waals surface area (Å²) in [5.74, 6) is 0. The number of nitrogens with one attached hydrogen (secondary N) is 1. The van der Waals surface area contributed by atoms with Gasteiger partial charge in [0.05, 0.1) is 6.10 Å². The SMILES string of the molecule is CC(C)OCCCNCCn1ccc2ccccc2c1=O. The summed E-state index contributed by atoms with van der Waals surface area (Å²) in [7, 11) is 0. The van der Waals surface area contributed by atoms with Gasteiger partial charge in [0, 0.05) is 31.3 Å². The maximum Gasteiger partial charge on any atom is 0.258 e. The lowest BCUT2D eigenvalue weighted by Crippen LogP contribution is -2.27. The third-order valence-electron chi connectivity index (χ3n) is 3.36. The van der Waals surface area contributed by atoms with Crippen LogP contribution in [0.4, 0.5) is 0 Å². The Morgan fingerprint density at radius 1 is 1.19 bits per heavy atom. The highest BCUT2D eigenvalue weighted by atomic mass is 16.5. The van der Waals surface area contributed by atoms with Crippen LogP contribution in [0.25, 0.3) is 10.8 Å². The molecule has 1 aromatic heterocycles. The second-order valence-electron chi connectivity index (χ2n) is 5.42. The Bertz CT molecular complexity index is 619. The molecular formula is C17H24N2O2. The molecule has 0 unspecified atom stereocenters. The predicted octanol–water partition coefficient (Wildman–Crippen LogP) is 2.41. The Morgan fingerprint density at radius 3 is 2.81 bits per heavy atom. The molecule has 1 aromatic carbocycles. The van der Waals surface area contributed by atoms with Crippen molar-refractivity contribution >= 4 is 10.8 Å². The molecule has 0 saturated carbocycles. The molecule has 0 spiro atoms. The van der Waals surface area contributed by atoms with Crippen molar-refractivity contribution in [1.82, 2.24) is 9.88 Å². The molecular weight excluding hydrogens is 264 g/mol. The van der Waals surface area contributed by atoms with Gasteiger partial charge in [-0.05, 0) is 44.3 Å². The lowest BCUT2D eigenvalue weighted by Gasteiger charge is -2.10. The van der Waals surface area contributed by atoms with Crippen molar-refractivity contribution in [2.75, 3.05) is 19.7 Å². The van der Waals surface area contributed by atoms with E-state index in [9.17, 15) is 4.79 Å². The molecule has 0 aliphatic heterocycles. The van der Waals surface area contributed by atoms with Gasteiger partial charge in [0.2, 0.25) is 0 Å². The fourth-order valence-electron chi connectivity index (χ4n) is 2.25. The van der Waals surface area contributed by atoms with Crippen molar-refractivity contribution in [2.24, 2.45) is 0 Å². The Labute approximate surface area is 125 Å². The van der Waals surface area contributed by atoms with Crippen LogP contribution in [0.5, 0.6) is 0 Å².